The van der Waals surface area contributed by atoms with E-state index in [0.29, 0.717) is 6.42 Å². The van der Waals surface area contributed by atoms with Gasteiger partial charge in [0.1, 0.15) is 0 Å². The second kappa shape index (κ2) is 6.95. The van der Waals surface area contributed by atoms with Crippen molar-refractivity contribution < 1.29 is 17.5 Å². The summed E-state index contributed by atoms with van der Waals surface area (Å²) in [5.41, 5.74) is 3.97. The Hall–Kier alpha value is -1.42. The van der Waals surface area contributed by atoms with E-state index in [9.17, 15) is 17.5 Å². The van der Waals surface area contributed by atoms with Crippen molar-refractivity contribution >= 4 is 20.8 Å². The van der Waals surface area contributed by atoms with Crippen LogP contribution < -0.4 is 9.86 Å². The second-order valence-electron chi connectivity index (χ2n) is 6.92. The molecule has 3 rings (SSSR count). The molecule has 8 heteroatoms. The topological polar surface area (TPSA) is 113 Å². The van der Waals surface area contributed by atoms with Crippen molar-refractivity contribution in [2.24, 2.45) is 5.14 Å². The standard InChI is InChI=1S/C18H24N2O4S2/c1-12(2)26(23,24)20-17-9-15-7-6-14(8-16(15)10-17)13-4-3-5-18(11-13)25(19,21)22/h3-8,11-12,17,20,23-24H,9-10H2,1-2H3,(H2,19,21,22). The van der Waals surface area contributed by atoms with Gasteiger partial charge in [-0.1, -0.05) is 30.3 Å². The Labute approximate surface area is 156 Å². The van der Waals surface area contributed by atoms with Crippen LogP contribution in [0.3, 0.4) is 0 Å². The molecule has 5 N–H and O–H groups in total. The fourth-order valence-electron chi connectivity index (χ4n) is 3.12. The summed E-state index contributed by atoms with van der Waals surface area (Å²) < 4.78 is 46.4. The molecule has 1 aliphatic carbocycles. The Kier molecular flexibility index (Phi) is 5.17. The molecule has 0 radical (unpaired) electrons. The monoisotopic (exact) mass is 396 g/mol. The minimum atomic E-state index is -3.74. The molecule has 0 spiro atoms. The fraction of sp³-hybridized carbons (Fsp3) is 0.333. The van der Waals surface area contributed by atoms with Gasteiger partial charge in [-0.15, -0.1) is 10.8 Å². The maximum atomic E-state index is 11.6. The molecular weight excluding hydrogens is 372 g/mol. The van der Waals surface area contributed by atoms with E-state index in [1.165, 1.54) is 6.07 Å². The average Bonchev–Trinajstić information content (AvgIpc) is 2.94. The van der Waals surface area contributed by atoms with Gasteiger partial charge in [0, 0.05) is 6.04 Å². The number of primary sulfonamides is 1. The first-order chi connectivity index (χ1) is 12.1. The zero-order chi connectivity index (χ0) is 19.1. The summed E-state index contributed by atoms with van der Waals surface area (Å²) in [6, 6.07) is 12.5. The molecule has 0 saturated carbocycles. The Balaban J connectivity index is 1.84. The molecule has 0 aromatic heterocycles. The van der Waals surface area contributed by atoms with E-state index in [1.807, 2.05) is 24.3 Å². The van der Waals surface area contributed by atoms with E-state index in [1.54, 1.807) is 26.0 Å². The van der Waals surface area contributed by atoms with Gasteiger partial charge in [-0.2, -0.15) is 0 Å². The Morgan fingerprint density at radius 1 is 1.04 bits per heavy atom. The zero-order valence-corrected chi connectivity index (χ0v) is 16.3. The number of fused-ring (bicyclic) bond motifs is 1. The summed E-state index contributed by atoms with van der Waals surface area (Å²) in [7, 11) is -6.56. The van der Waals surface area contributed by atoms with Gasteiger partial charge in [-0.3, -0.25) is 9.11 Å². The first kappa shape index (κ1) is 19.3. The lowest BCUT2D eigenvalue weighted by atomic mass is 10.0. The molecule has 0 aliphatic heterocycles. The van der Waals surface area contributed by atoms with Crippen LogP contribution in [0.15, 0.2) is 47.4 Å². The van der Waals surface area contributed by atoms with Crippen LogP contribution in [-0.4, -0.2) is 28.8 Å². The second-order valence-corrected chi connectivity index (χ2v) is 10.8. The smallest absolute Gasteiger partial charge is 0.238 e. The summed E-state index contributed by atoms with van der Waals surface area (Å²) in [6.07, 6.45) is 1.43. The first-order valence-corrected chi connectivity index (χ1v) is 11.5. The van der Waals surface area contributed by atoms with E-state index in [2.05, 4.69) is 4.72 Å². The number of hydrogen-bond donors (Lipinski definition) is 4. The summed E-state index contributed by atoms with van der Waals surface area (Å²) in [5, 5.41) is 4.97. The van der Waals surface area contributed by atoms with Crippen molar-refractivity contribution in [3.8, 4) is 11.1 Å². The Morgan fingerprint density at radius 2 is 1.69 bits per heavy atom. The van der Waals surface area contributed by atoms with Gasteiger partial charge < -0.3 is 0 Å². The zero-order valence-electron chi connectivity index (χ0n) is 14.7. The molecule has 0 amide bonds. The molecule has 0 saturated heterocycles. The van der Waals surface area contributed by atoms with Gasteiger partial charge in [0.15, 0.2) is 0 Å². The lowest BCUT2D eigenvalue weighted by Crippen LogP contribution is -2.36. The molecule has 1 unspecified atom stereocenters. The van der Waals surface area contributed by atoms with E-state index >= 15 is 0 Å². The maximum Gasteiger partial charge on any atom is 0.238 e. The van der Waals surface area contributed by atoms with Crippen molar-refractivity contribution in [3.63, 3.8) is 0 Å². The van der Waals surface area contributed by atoms with Gasteiger partial charge in [-0.25, -0.2) is 18.3 Å². The number of benzene rings is 2. The third-order valence-electron chi connectivity index (χ3n) is 4.63. The quantitative estimate of drug-likeness (QED) is 0.620. The SMILES string of the molecule is CC(C)S(O)(O)NC1Cc2ccc(-c3cccc(S(N)(=O)=O)c3)cc2C1. The minimum absolute atomic E-state index is 0.0246. The van der Waals surface area contributed by atoms with Crippen molar-refractivity contribution in [1.29, 1.82) is 0 Å². The van der Waals surface area contributed by atoms with Crippen molar-refractivity contribution in [2.75, 3.05) is 0 Å². The normalized spacial score (nSPS) is 18.2. The lowest BCUT2D eigenvalue weighted by Gasteiger charge is -2.39. The van der Waals surface area contributed by atoms with Crippen molar-refractivity contribution in [1.82, 2.24) is 4.72 Å². The van der Waals surface area contributed by atoms with Crippen LogP contribution in [0.2, 0.25) is 0 Å². The van der Waals surface area contributed by atoms with Crippen LogP contribution in [0.5, 0.6) is 0 Å². The van der Waals surface area contributed by atoms with Crippen LogP contribution in [0, 0.1) is 0 Å². The Morgan fingerprint density at radius 3 is 2.35 bits per heavy atom. The highest BCUT2D eigenvalue weighted by molar-refractivity contribution is 8.23. The number of hydrogen-bond acceptors (Lipinski definition) is 5. The largest absolute Gasteiger partial charge is 0.285 e. The third-order valence-corrected chi connectivity index (χ3v) is 7.54. The lowest BCUT2D eigenvalue weighted by molar-refractivity contribution is 0.444. The van der Waals surface area contributed by atoms with Crippen LogP contribution in [0.1, 0.15) is 25.0 Å². The van der Waals surface area contributed by atoms with E-state index in [-0.39, 0.29) is 16.2 Å². The predicted octanol–water partition coefficient (Wildman–Crippen LogP) is 3.13. The van der Waals surface area contributed by atoms with Crippen LogP contribution >= 0.6 is 10.8 Å². The molecule has 1 aliphatic rings. The maximum absolute atomic E-state index is 11.6. The summed E-state index contributed by atoms with van der Waals surface area (Å²) in [4.78, 5) is 0.0842. The summed E-state index contributed by atoms with van der Waals surface area (Å²) >= 11 is 0. The van der Waals surface area contributed by atoms with Crippen LogP contribution in [-0.2, 0) is 22.9 Å². The van der Waals surface area contributed by atoms with Gasteiger partial charge in [-0.05, 0) is 61.1 Å². The fourth-order valence-corrected chi connectivity index (χ4v) is 4.60. The molecule has 2 aromatic carbocycles. The summed E-state index contributed by atoms with van der Waals surface area (Å²) in [5.74, 6) is 0. The van der Waals surface area contributed by atoms with Crippen molar-refractivity contribution in [3.05, 3.63) is 53.6 Å². The third kappa shape index (κ3) is 4.11. The minimum Gasteiger partial charge on any atom is -0.285 e. The molecule has 26 heavy (non-hydrogen) atoms. The molecule has 0 heterocycles. The molecule has 6 nitrogen and oxygen atoms in total. The summed E-state index contributed by atoms with van der Waals surface area (Å²) in [6.45, 7) is 3.56. The number of sulfonamides is 1. The average molecular weight is 397 g/mol. The van der Waals surface area contributed by atoms with Gasteiger partial charge in [0.05, 0.1) is 10.1 Å². The van der Waals surface area contributed by atoms with Gasteiger partial charge in [0.2, 0.25) is 10.0 Å². The molecule has 0 fully saturated rings. The molecule has 1 atom stereocenters. The molecule has 2 aromatic rings. The highest BCUT2D eigenvalue weighted by Crippen LogP contribution is 2.41. The van der Waals surface area contributed by atoms with Crippen LogP contribution in [0.4, 0.5) is 0 Å². The predicted molar refractivity (Wildman–Crippen MR) is 106 cm³/mol. The molecule has 142 valence electrons. The van der Waals surface area contributed by atoms with Gasteiger partial charge >= 0.3 is 0 Å². The Bertz CT molecular complexity index is 927. The van der Waals surface area contributed by atoms with Crippen LogP contribution in [0.25, 0.3) is 11.1 Å². The first-order valence-electron chi connectivity index (χ1n) is 8.35. The van der Waals surface area contributed by atoms with E-state index in [0.717, 1.165) is 28.7 Å². The number of rotatable bonds is 5. The number of nitrogens with one attached hydrogen (secondary N) is 1. The van der Waals surface area contributed by atoms with Crippen molar-refractivity contribution in [2.45, 2.75) is 42.9 Å². The van der Waals surface area contributed by atoms with E-state index in [4.69, 9.17) is 5.14 Å². The van der Waals surface area contributed by atoms with E-state index < -0.39 is 20.8 Å². The highest BCUT2D eigenvalue weighted by Gasteiger charge is 2.27. The highest BCUT2D eigenvalue weighted by atomic mass is 32.3. The number of nitrogens with two attached hydrogens (primary N) is 1. The molecule has 0 bridgehead atoms. The van der Waals surface area contributed by atoms with Gasteiger partial charge in [0.25, 0.3) is 0 Å². The molecular formula is C18H24N2O4S2.